The smallest absolute Gasteiger partial charge is 0.337 e. The molecule has 0 atom stereocenters. The average Bonchev–Trinajstić information content (AvgIpc) is 2.95. The van der Waals surface area contributed by atoms with Crippen LogP contribution in [-0.4, -0.2) is 27.8 Å². The molecule has 0 unspecified atom stereocenters. The van der Waals surface area contributed by atoms with E-state index in [1.807, 2.05) is 24.5 Å². The molecule has 2 N–H and O–H groups in total. The predicted molar refractivity (Wildman–Crippen MR) is 114 cm³/mol. The minimum atomic E-state index is -1.08. The summed E-state index contributed by atoms with van der Waals surface area (Å²) in [4.78, 5) is 23.3. The molecule has 0 aliphatic heterocycles. The number of hydrogen-bond acceptors (Lipinski definition) is 3. The Morgan fingerprint density at radius 1 is 1.03 bits per heavy atom. The quantitative estimate of drug-likeness (QED) is 0.448. The number of hydrogen-bond donors (Lipinski definition) is 2. The molecular formula is C21H17Cl2N3O3. The number of hydrazone groups is 1. The zero-order valence-corrected chi connectivity index (χ0v) is 17.1. The van der Waals surface area contributed by atoms with E-state index in [9.17, 15) is 9.59 Å². The molecule has 8 heteroatoms. The van der Waals surface area contributed by atoms with Crippen molar-refractivity contribution in [3.05, 3.63) is 86.7 Å². The summed E-state index contributed by atoms with van der Waals surface area (Å²) in [5.41, 5.74) is 6.13. The third-order valence-corrected chi connectivity index (χ3v) is 5.04. The van der Waals surface area contributed by atoms with Crippen molar-refractivity contribution in [3.8, 4) is 5.69 Å². The van der Waals surface area contributed by atoms with Crippen molar-refractivity contribution in [2.24, 2.45) is 5.10 Å². The first kappa shape index (κ1) is 20.6. The lowest BCUT2D eigenvalue weighted by molar-refractivity contribution is 0.0697. The summed E-state index contributed by atoms with van der Waals surface area (Å²) >= 11 is 12.1. The van der Waals surface area contributed by atoms with Crippen molar-refractivity contribution in [2.75, 3.05) is 0 Å². The number of benzene rings is 2. The monoisotopic (exact) mass is 429 g/mol. The molecule has 0 fully saturated rings. The van der Waals surface area contributed by atoms with Crippen LogP contribution in [0.25, 0.3) is 5.69 Å². The van der Waals surface area contributed by atoms with Gasteiger partial charge in [0.05, 0.1) is 27.4 Å². The van der Waals surface area contributed by atoms with Gasteiger partial charge >= 0.3 is 5.97 Å². The number of carbonyl (C=O) groups excluding carboxylic acids is 1. The number of nitrogens with zero attached hydrogens (tertiary/aromatic N) is 2. The highest BCUT2D eigenvalue weighted by Gasteiger charge is 2.14. The lowest BCUT2D eigenvalue weighted by Gasteiger charge is -2.11. The van der Waals surface area contributed by atoms with Crippen LogP contribution in [0, 0.1) is 13.8 Å². The first-order chi connectivity index (χ1) is 13.8. The van der Waals surface area contributed by atoms with Gasteiger partial charge in [0, 0.05) is 22.6 Å². The fourth-order valence-electron chi connectivity index (χ4n) is 3.00. The third-order valence-electron chi connectivity index (χ3n) is 4.40. The molecule has 0 bridgehead atoms. The van der Waals surface area contributed by atoms with Crippen LogP contribution in [0.4, 0.5) is 0 Å². The van der Waals surface area contributed by atoms with E-state index in [0.717, 1.165) is 22.6 Å². The average molecular weight is 430 g/mol. The molecule has 0 saturated heterocycles. The number of aromatic nitrogens is 1. The molecule has 148 valence electrons. The van der Waals surface area contributed by atoms with Crippen molar-refractivity contribution in [3.63, 3.8) is 0 Å². The first-order valence-electron chi connectivity index (χ1n) is 8.59. The summed E-state index contributed by atoms with van der Waals surface area (Å²) in [6, 6.07) is 13.4. The Balaban J connectivity index is 1.84. The number of carboxylic acids is 1. The van der Waals surface area contributed by atoms with Gasteiger partial charge in [-0.3, -0.25) is 4.79 Å². The van der Waals surface area contributed by atoms with Gasteiger partial charge in [-0.15, -0.1) is 0 Å². The van der Waals surface area contributed by atoms with Gasteiger partial charge in [0.25, 0.3) is 5.91 Å². The lowest BCUT2D eigenvalue weighted by Crippen LogP contribution is -2.18. The van der Waals surface area contributed by atoms with Crippen LogP contribution in [0.5, 0.6) is 0 Å². The molecule has 1 amide bonds. The van der Waals surface area contributed by atoms with Gasteiger partial charge in [-0.2, -0.15) is 5.10 Å². The van der Waals surface area contributed by atoms with Crippen LogP contribution in [-0.2, 0) is 0 Å². The van der Waals surface area contributed by atoms with Crippen molar-refractivity contribution < 1.29 is 14.7 Å². The van der Waals surface area contributed by atoms with E-state index >= 15 is 0 Å². The Morgan fingerprint density at radius 3 is 2.41 bits per heavy atom. The zero-order chi connectivity index (χ0) is 21.1. The molecule has 3 rings (SSSR count). The van der Waals surface area contributed by atoms with E-state index < -0.39 is 11.9 Å². The molecule has 3 aromatic rings. The maximum absolute atomic E-state index is 12.2. The Hall–Kier alpha value is -3.09. The molecule has 6 nitrogen and oxygen atoms in total. The molecule has 1 aromatic heterocycles. The number of rotatable bonds is 5. The Bertz CT molecular complexity index is 1140. The van der Waals surface area contributed by atoms with Crippen LogP contribution in [0.15, 0.2) is 53.6 Å². The predicted octanol–water partition coefficient (Wildman–Crippen LogP) is 4.86. The number of nitrogens with one attached hydrogen (secondary N) is 1. The number of aromatic carboxylic acids is 1. The summed E-state index contributed by atoms with van der Waals surface area (Å²) in [6.45, 7) is 3.80. The molecule has 0 saturated carbocycles. The van der Waals surface area contributed by atoms with E-state index in [0.29, 0.717) is 10.6 Å². The fourth-order valence-corrected chi connectivity index (χ4v) is 3.48. The summed E-state index contributed by atoms with van der Waals surface area (Å²) in [5.74, 6) is -1.48. The number of carboxylic acid groups (broad SMARTS) is 1. The molecule has 1 heterocycles. The maximum atomic E-state index is 12.2. The molecule has 29 heavy (non-hydrogen) atoms. The number of carbonyl (C=O) groups is 2. The van der Waals surface area contributed by atoms with Crippen LogP contribution >= 0.6 is 23.2 Å². The van der Waals surface area contributed by atoms with E-state index in [-0.39, 0.29) is 10.6 Å². The van der Waals surface area contributed by atoms with Gasteiger partial charge in [0.1, 0.15) is 0 Å². The second-order valence-corrected chi connectivity index (χ2v) is 7.12. The van der Waals surface area contributed by atoms with Crippen molar-refractivity contribution in [1.82, 2.24) is 9.99 Å². The van der Waals surface area contributed by atoms with Crippen LogP contribution in [0.1, 0.15) is 37.7 Å². The van der Waals surface area contributed by atoms with E-state index in [4.69, 9.17) is 28.3 Å². The number of halogens is 2. The molecule has 0 spiro atoms. The van der Waals surface area contributed by atoms with Gasteiger partial charge in [0.2, 0.25) is 0 Å². The maximum Gasteiger partial charge on any atom is 0.337 e. The topological polar surface area (TPSA) is 83.7 Å². The SMILES string of the molecule is Cc1cc(/C=N\NC(=O)c2ccccc2Cl)c(C)n1-c1ccc(C(=O)O)c(Cl)c1. The molecule has 0 aliphatic rings. The molecule has 2 aromatic carbocycles. The van der Waals surface area contributed by atoms with Crippen molar-refractivity contribution in [2.45, 2.75) is 13.8 Å². The van der Waals surface area contributed by atoms with Crippen LogP contribution < -0.4 is 5.43 Å². The third kappa shape index (κ3) is 4.34. The van der Waals surface area contributed by atoms with Gasteiger partial charge in [-0.25, -0.2) is 10.2 Å². The van der Waals surface area contributed by atoms with E-state index in [2.05, 4.69) is 10.5 Å². The van der Waals surface area contributed by atoms with Gasteiger partial charge < -0.3 is 9.67 Å². The Labute approximate surface area is 177 Å². The molecular weight excluding hydrogens is 413 g/mol. The highest BCUT2D eigenvalue weighted by atomic mass is 35.5. The van der Waals surface area contributed by atoms with Crippen LogP contribution in [0.3, 0.4) is 0 Å². The van der Waals surface area contributed by atoms with E-state index in [1.54, 1.807) is 42.6 Å². The summed E-state index contributed by atoms with van der Waals surface area (Å²) in [6.07, 6.45) is 1.54. The number of aryl methyl sites for hydroxylation is 1. The van der Waals surface area contributed by atoms with Gasteiger partial charge in [-0.1, -0.05) is 35.3 Å². The first-order valence-corrected chi connectivity index (χ1v) is 9.35. The fraction of sp³-hybridized carbons (Fsp3) is 0.0952. The summed E-state index contributed by atoms with van der Waals surface area (Å²) in [5, 5.41) is 13.7. The lowest BCUT2D eigenvalue weighted by atomic mass is 10.2. The van der Waals surface area contributed by atoms with Crippen LogP contribution in [0.2, 0.25) is 10.0 Å². The van der Waals surface area contributed by atoms with Gasteiger partial charge in [0.15, 0.2) is 0 Å². The number of amides is 1. The Kier molecular flexibility index (Phi) is 6.06. The second-order valence-electron chi connectivity index (χ2n) is 6.31. The van der Waals surface area contributed by atoms with Crippen molar-refractivity contribution >= 4 is 41.3 Å². The Morgan fingerprint density at radius 2 is 1.76 bits per heavy atom. The summed E-state index contributed by atoms with van der Waals surface area (Å²) in [7, 11) is 0. The normalized spacial score (nSPS) is 11.0. The largest absolute Gasteiger partial charge is 0.478 e. The minimum Gasteiger partial charge on any atom is -0.478 e. The summed E-state index contributed by atoms with van der Waals surface area (Å²) < 4.78 is 1.93. The van der Waals surface area contributed by atoms with E-state index in [1.165, 1.54) is 6.07 Å². The molecule has 0 aliphatic carbocycles. The molecule has 0 radical (unpaired) electrons. The zero-order valence-electron chi connectivity index (χ0n) is 15.6. The highest BCUT2D eigenvalue weighted by molar-refractivity contribution is 6.34. The van der Waals surface area contributed by atoms with Crippen molar-refractivity contribution in [1.29, 1.82) is 0 Å². The van der Waals surface area contributed by atoms with Gasteiger partial charge in [-0.05, 0) is 50.2 Å². The standard InChI is InChI=1S/C21H17Cl2N3O3/c1-12-9-14(11-24-25-20(27)16-5-3-4-6-18(16)22)13(2)26(12)15-7-8-17(21(28)29)19(23)10-15/h3-11H,1-2H3,(H,25,27)(H,28,29)/b24-11-. The minimum absolute atomic E-state index is 0.0435. The highest BCUT2D eigenvalue weighted by Crippen LogP contribution is 2.25. The second kappa shape index (κ2) is 8.51.